The van der Waals surface area contributed by atoms with Crippen LogP contribution < -0.4 is 5.32 Å². The molecule has 1 atom stereocenters. The van der Waals surface area contributed by atoms with Crippen LogP contribution >= 0.6 is 11.6 Å². The highest BCUT2D eigenvalue weighted by atomic mass is 35.5. The summed E-state index contributed by atoms with van der Waals surface area (Å²) in [6, 6.07) is 7.36. The minimum Gasteiger partial charge on any atom is -0.296 e. The molecule has 102 valence electrons. The van der Waals surface area contributed by atoms with Gasteiger partial charge in [-0.2, -0.15) is 0 Å². The van der Waals surface area contributed by atoms with E-state index in [-0.39, 0.29) is 23.1 Å². The number of imide groups is 1. The second kappa shape index (κ2) is 5.33. The van der Waals surface area contributed by atoms with E-state index in [1.54, 1.807) is 6.07 Å². The number of hydrogen-bond donors (Lipinski definition) is 1. The molecule has 0 radical (unpaired) electrons. The van der Waals surface area contributed by atoms with Gasteiger partial charge < -0.3 is 0 Å². The zero-order valence-corrected chi connectivity index (χ0v) is 12.0. The number of hydrogen-bond acceptors (Lipinski definition) is 2. The van der Waals surface area contributed by atoms with Crippen molar-refractivity contribution >= 4 is 23.4 Å². The van der Waals surface area contributed by atoms with Crippen molar-refractivity contribution in [2.45, 2.75) is 39.0 Å². The van der Waals surface area contributed by atoms with E-state index in [4.69, 9.17) is 11.6 Å². The summed E-state index contributed by atoms with van der Waals surface area (Å²) in [6.07, 6.45) is 1.97. The highest BCUT2D eigenvalue weighted by molar-refractivity contribution is 6.30. The van der Waals surface area contributed by atoms with Crippen molar-refractivity contribution in [3.05, 3.63) is 34.9 Å². The van der Waals surface area contributed by atoms with Gasteiger partial charge in [0.1, 0.15) is 0 Å². The Balaban J connectivity index is 2.49. The first-order chi connectivity index (χ1) is 9.02. The maximum absolute atomic E-state index is 12.3. The molecule has 1 unspecified atom stereocenters. The topological polar surface area (TPSA) is 46.2 Å². The maximum atomic E-state index is 12.3. The van der Waals surface area contributed by atoms with Crippen molar-refractivity contribution in [2.75, 3.05) is 0 Å². The number of rotatable bonds is 3. The Kier molecular flexibility index (Phi) is 3.95. The Morgan fingerprint density at radius 2 is 2.00 bits per heavy atom. The quantitative estimate of drug-likeness (QED) is 0.863. The van der Waals surface area contributed by atoms with Crippen LogP contribution in [0.1, 0.15) is 44.6 Å². The monoisotopic (exact) mass is 279 g/mol. The summed E-state index contributed by atoms with van der Waals surface area (Å²) in [5, 5.41) is 3.06. The van der Waals surface area contributed by atoms with Crippen LogP contribution in [0.5, 0.6) is 0 Å². The average molecular weight is 280 g/mol. The Hall–Kier alpha value is -1.35. The van der Waals surface area contributed by atoms with Crippen LogP contribution in [0, 0.1) is 5.41 Å². The predicted octanol–water partition coefficient (Wildman–Crippen LogP) is 3.28. The molecule has 2 amide bonds. The number of benzene rings is 1. The van der Waals surface area contributed by atoms with Crippen molar-refractivity contribution in [3.63, 3.8) is 0 Å². The van der Waals surface area contributed by atoms with E-state index in [0.717, 1.165) is 18.4 Å². The number of halogens is 1. The molecule has 0 aliphatic carbocycles. The summed E-state index contributed by atoms with van der Waals surface area (Å²) in [6.45, 7) is 4.07. The smallest absolute Gasteiger partial charge is 0.234 e. The summed E-state index contributed by atoms with van der Waals surface area (Å²) in [7, 11) is 0. The first kappa shape index (κ1) is 14.1. The molecule has 0 bridgehead atoms. The third kappa shape index (κ3) is 2.52. The van der Waals surface area contributed by atoms with Crippen molar-refractivity contribution in [3.8, 4) is 0 Å². The Morgan fingerprint density at radius 1 is 1.32 bits per heavy atom. The fraction of sp³-hybridized carbons (Fsp3) is 0.467. The molecule has 1 fully saturated rings. The Bertz CT molecular complexity index is 509. The van der Waals surface area contributed by atoms with Crippen LogP contribution in [-0.2, 0) is 9.59 Å². The Morgan fingerprint density at radius 3 is 2.58 bits per heavy atom. The summed E-state index contributed by atoms with van der Waals surface area (Å²) in [5.41, 5.74) is 0.589. The fourth-order valence-corrected chi connectivity index (χ4v) is 3.25. The van der Waals surface area contributed by atoms with E-state index in [9.17, 15) is 9.59 Å². The molecule has 1 N–H and O–H groups in total. The maximum Gasteiger partial charge on any atom is 0.234 e. The van der Waals surface area contributed by atoms with Gasteiger partial charge in [0.05, 0.1) is 5.92 Å². The molecule has 4 heteroatoms. The number of carbonyl (C=O) groups is 2. The highest BCUT2D eigenvalue weighted by Crippen LogP contribution is 2.47. The van der Waals surface area contributed by atoms with Crippen LogP contribution in [0.15, 0.2) is 24.3 Å². The summed E-state index contributed by atoms with van der Waals surface area (Å²) in [4.78, 5) is 24.0. The number of amides is 2. The van der Waals surface area contributed by atoms with Gasteiger partial charge in [-0.1, -0.05) is 37.6 Å². The second-order valence-electron chi connectivity index (χ2n) is 5.15. The molecular formula is C15H18ClNO2. The molecule has 1 heterocycles. The fourth-order valence-electron chi connectivity index (χ4n) is 3.05. The van der Waals surface area contributed by atoms with Crippen LogP contribution in [0.2, 0.25) is 5.02 Å². The molecule has 1 aromatic rings. The number of piperidine rings is 1. The SMILES string of the molecule is CCC1(CC)CC(=O)NC(=O)C1c1cccc(Cl)c1. The minimum absolute atomic E-state index is 0.174. The molecule has 1 aromatic carbocycles. The van der Waals surface area contributed by atoms with Crippen LogP contribution in [0.3, 0.4) is 0 Å². The van der Waals surface area contributed by atoms with Gasteiger partial charge in [0.15, 0.2) is 0 Å². The molecule has 0 spiro atoms. The van der Waals surface area contributed by atoms with Crippen LogP contribution in [0.25, 0.3) is 0 Å². The van der Waals surface area contributed by atoms with Gasteiger partial charge in [-0.05, 0) is 36.0 Å². The van der Waals surface area contributed by atoms with Crippen molar-refractivity contribution in [1.82, 2.24) is 5.32 Å². The molecule has 19 heavy (non-hydrogen) atoms. The van der Waals surface area contributed by atoms with Crippen LogP contribution in [-0.4, -0.2) is 11.8 Å². The summed E-state index contributed by atoms with van der Waals surface area (Å²) in [5.74, 6) is -0.687. The summed E-state index contributed by atoms with van der Waals surface area (Å²) >= 11 is 6.02. The van der Waals surface area contributed by atoms with Gasteiger partial charge >= 0.3 is 0 Å². The van der Waals surface area contributed by atoms with Gasteiger partial charge in [0.25, 0.3) is 0 Å². The second-order valence-corrected chi connectivity index (χ2v) is 5.58. The van der Waals surface area contributed by atoms with Gasteiger partial charge in [-0.25, -0.2) is 0 Å². The van der Waals surface area contributed by atoms with E-state index in [2.05, 4.69) is 5.32 Å². The number of carbonyl (C=O) groups excluding carboxylic acids is 2. The lowest BCUT2D eigenvalue weighted by molar-refractivity contribution is -0.140. The Labute approximate surface area is 118 Å². The molecule has 0 aromatic heterocycles. The molecule has 3 nitrogen and oxygen atoms in total. The lowest BCUT2D eigenvalue weighted by atomic mass is 9.64. The molecule has 1 aliphatic heterocycles. The van der Waals surface area contributed by atoms with Crippen molar-refractivity contribution in [2.24, 2.45) is 5.41 Å². The number of nitrogens with one attached hydrogen (secondary N) is 1. The largest absolute Gasteiger partial charge is 0.296 e. The molecule has 0 saturated carbocycles. The molecule has 1 saturated heterocycles. The standard InChI is InChI=1S/C15H18ClNO2/c1-3-15(4-2)9-12(18)17-14(19)13(15)10-6-5-7-11(16)8-10/h5-8,13H,3-4,9H2,1-2H3,(H,17,18,19). The lowest BCUT2D eigenvalue weighted by Crippen LogP contribution is -2.50. The lowest BCUT2D eigenvalue weighted by Gasteiger charge is -2.41. The van der Waals surface area contributed by atoms with Gasteiger partial charge in [0.2, 0.25) is 11.8 Å². The predicted molar refractivity (Wildman–Crippen MR) is 75.0 cm³/mol. The summed E-state index contributed by atoms with van der Waals surface area (Å²) < 4.78 is 0. The van der Waals surface area contributed by atoms with E-state index in [1.165, 1.54) is 0 Å². The molecular weight excluding hydrogens is 262 g/mol. The highest BCUT2D eigenvalue weighted by Gasteiger charge is 2.46. The zero-order valence-electron chi connectivity index (χ0n) is 11.2. The van der Waals surface area contributed by atoms with Crippen LogP contribution in [0.4, 0.5) is 0 Å². The first-order valence-corrected chi connectivity index (χ1v) is 6.99. The van der Waals surface area contributed by atoms with E-state index in [0.29, 0.717) is 11.4 Å². The van der Waals surface area contributed by atoms with Gasteiger partial charge in [0, 0.05) is 11.4 Å². The van der Waals surface area contributed by atoms with E-state index in [1.807, 2.05) is 32.0 Å². The first-order valence-electron chi connectivity index (χ1n) is 6.61. The zero-order chi connectivity index (χ0) is 14.0. The van der Waals surface area contributed by atoms with E-state index >= 15 is 0 Å². The van der Waals surface area contributed by atoms with Crippen molar-refractivity contribution < 1.29 is 9.59 Å². The molecule has 1 aliphatic rings. The van der Waals surface area contributed by atoms with Crippen molar-refractivity contribution in [1.29, 1.82) is 0 Å². The van der Waals surface area contributed by atoms with E-state index < -0.39 is 0 Å². The normalized spacial score (nSPS) is 22.2. The minimum atomic E-state index is -0.307. The third-order valence-electron chi connectivity index (χ3n) is 4.24. The third-order valence-corrected chi connectivity index (χ3v) is 4.48. The van der Waals surface area contributed by atoms with Gasteiger partial charge in [-0.15, -0.1) is 0 Å². The molecule has 2 rings (SSSR count). The van der Waals surface area contributed by atoms with Gasteiger partial charge in [-0.3, -0.25) is 14.9 Å². The average Bonchev–Trinajstić information content (AvgIpc) is 2.37.